The van der Waals surface area contributed by atoms with Crippen LogP contribution in [-0.2, 0) is 0 Å². The molecule has 3 aromatic carbocycles. The highest BCUT2D eigenvalue weighted by Gasteiger charge is 2.10. The topological polar surface area (TPSA) is 70.6 Å². The number of nitrogens with zero attached hydrogens (tertiary/aromatic N) is 1. The lowest BCUT2D eigenvalue weighted by atomic mass is 10.1. The largest absolute Gasteiger partial charge is 0.322 e. The van der Waals surface area contributed by atoms with Gasteiger partial charge in [0.05, 0.1) is 5.71 Å². The fourth-order valence-corrected chi connectivity index (χ4v) is 2.67. The highest BCUT2D eigenvalue weighted by atomic mass is 16.2. The van der Waals surface area contributed by atoms with E-state index in [4.69, 9.17) is 0 Å². The molecule has 3 aromatic rings. The lowest BCUT2D eigenvalue weighted by molar-refractivity contribution is 0.0954. The number of aryl methyl sites for hydroxylation is 1. The molecule has 0 saturated carbocycles. The number of nitrogens with one attached hydrogen (secondary N) is 2. The molecule has 0 radical (unpaired) electrons. The van der Waals surface area contributed by atoms with Gasteiger partial charge < -0.3 is 5.32 Å². The third-order valence-corrected chi connectivity index (χ3v) is 4.31. The maximum Gasteiger partial charge on any atom is 0.271 e. The summed E-state index contributed by atoms with van der Waals surface area (Å²) in [7, 11) is 0. The molecule has 140 valence electrons. The van der Waals surface area contributed by atoms with Crippen LogP contribution < -0.4 is 10.7 Å². The van der Waals surface area contributed by atoms with Crippen molar-refractivity contribution in [3.05, 3.63) is 101 Å². The van der Waals surface area contributed by atoms with Crippen molar-refractivity contribution in [2.75, 3.05) is 5.32 Å². The third kappa shape index (κ3) is 4.71. The zero-order valence-electron chi connectivity index (χ0n) is 15.8. The highest BCUT2D eigenvalue weighted by Crippen LogP contribution is 2.13. The maximum atomic E-state index is 12.4. The molecule has 0 atom stereocenters. The van der Waals surface area contributed by atoms with Gasteiger partial charge in [-0.2, -0.15) is 5.10 Å². The van der Waals surface area contributed by atoms with Crippen LogP contribution in [0.5, 0.6) is 0 Å². The van der Waals surface area contributed by atoms with Crippen LogP contribution in [0.2, 0.25) is 0 Å². The van der Waals surface area contributed by atoms with Crippen LogP contribution >= 0.6 is 0 Å². The molecule has 3 rings (SSSR count). The summed E-state index contributed by atoms with van der Waals surface area (Å²) in [4.78, 5) is 24.6. The number of rotatable bonds is 5. The summed E-state index contributed by atoms with van der Waals surface area (Å²) in [6.07, 6.45) is 0. The van der Waals surface area contributed by atoms with E-state index in [0.717, 1.165) is 16.8 Å². The minimum atomic E-state index is -0.313. The summed E-state index contributed by atoms with van der Waals surface area (Å²) in [6.45, 7) is 3.72. The van der Waals surface area contributed by atoms with E-state index in [1.54, 1.807) is 30.3 Å². The molecular weight excluding hydrogens is 350 g/mol. The van der Waals surface area contributed by atoms with Gasteiger partial charge in [-0.05, 0) is 55.3 Å². The second-order valence-corrected chi connectivity index (χ2v) is 6.35. The first-order valence-corrected chi connectivity index (χ1v) is 8.91. The Bertz CT molecular complexity index is 1010. The molecule has 0 aliphatic carbocycles. The molecular formula is C23H21N3O2. The predicted octanol–water partition coefficient (Wildman–Crippen LogP) is 4.40. The molecule has 0 unspecified atom stereocenters. The summed E-state index contributed by atoms with van der Waals surface area (Å²) in [5, 5.41) is 6.98. The second kappa shape index (κ2) is 8.77. The Labute approximate surface area is 164 Å². The standard InChI is InChI=1S/C23H21N3O2/c1-16-8-6-7-11-21(16)23(28)24-20-14-12-19(13-15-20)22(27)26-25-17(2)18-9-4-3-5-10-18/h3-15H,1-2H3,(H,24,28)(H,26,27)/b25-17+. The van der Waals surface area contributed by atoms with E-state index in [1.807, 2.05) is 62.4 Å². The van der Waals surface area contributed by atoms with Gasteiger partial charge in [-0.1, -0.05) is 48.5 Å². The Morgan fingerprint density at radius 1 is 0.750 bits per heavy atom. The number of amides is 2. The Kier molecular flexibility index (Phi) is 5.97. The molecule has 2 N–H and O–H groups in total. The Morgan fingerprint density at radius 2 is 1.39 bits per heavy atom. The van der Waals surface area contributed by atoms with E-state index >= 15 is 0 Å². The number of carbonyl (C=O) groups is 2. The smallest absolute Gasteiger partial charge is 0.271 e. The highest BCUT2D eigenvalue weighted by molar-refractivity contribution is 6.05. The van der Waals surface area contributed by atoms with Crippen molar-refractivity contribution in [3.8, 4) is 0 Å². The van der Waals surface area contributed by atoms with E-state index in [0.29, 0.717) is 16.8 Å². The molecule has 5 nitrogen and oxygen atoms in total. The van der Waals surface area contributed by atoms with E-state index in [2.05, 4.69) is 15.8 Å². The summed E-state index contributed by atoms with van der Waals surface area (Å²) < 4.78 is 0. The minimum Gasteiger partial charge on any atom is -0.322 e. The molecule has 0 aromatic heterocycles. The average Bonchev–Trinajstić information content (AvgIpc) is 2.73. The first-order valence-electron chi connectivity index (χ1n) is 8.91. The van der Waals surface area contributed by atoms with E-state index in [-0.39, 0.29) is 11.8 Å². The fourth-order valence-electron chi connectivity index (χ4n) is 2.67. The van der Waals surface area contributed by atoms with Gasteiger partial charge in [0.25, 0.3) is 11.8 Å². The van der Waals surface area contributed by atoms with Gasteiger partial charge in [0.15, 0.2) is 0 Å². The van der Waals surface area contributed by atoms with Crippen molar-refractivity contribution in [1.29, 1.82) is 0 Å². The molecule has 0 spiro atoms. The second-order valence-electron chi connectivity index (χ2n) is 6.35. The van der Waals surface area contributed by atoms with E-state index in [1.165, 1.54) is 0 Å². The molecule has 28 heavy (non-hydrogen) atoms. The van der Waals surface area contributed by atoms with Crippen molar-refractivity contribution in [1.82, 2.24) is 5.43 Å². The van der Waals surface area contributed by atoms with Gasteiger partial charge >= 0.3 is 0 Å². The van der Waals surface area contributed by atoms with Gasteiger partial charge in [0.1, 0.15) is 0 Å². The van der Waals surface area contributed by atoms with E-state index < -0.39 is 0 Å². The van der Waals surface area contributed by atoms with Crippen LogP contribution in [0.3, 0.4) is 0 Å². The minimum absolute atomic E-state index is 0.182. The normalized spacial score (nSPS) is 11.0. The van der Waals surface area contributed by atoms with Gasteiger partial charge in [-0.3, -0.25) is 9.59 Å². The maximum absolute atomic E-state index is 12.4. The molecule has 0 aliphatic rings. The molecule has 2 amide bonds. The van der Waals surface area contributed by atoms with Crippen LogP contribution in [0.15, 0.2) is 84.0 Å². The first kappa shape index (κ1) is 19.0. The molecule has 0 aliphatic heterocycles. The van der Waals surface area contributed by atoms with Gasteiger partial charge in [0.2, 0.25) is 0 Å². The third-order valence-electron chi connectivity index (χ3n) is 4.31. The number of benzene rings is 3. The summed E-state index contributed by atoms with van der Waals surface area (Å²) in [5.41, 5.74) is 6.81. The van der Waals surface area contributed by atoms with Gasteiger partial charge in [-0.25, -0.2) is 5.43 Å². The molecule has 0 fully saturated rings. The van der Waals surface area contributed by atoms with E-state index in [9.17, 15) is 9.59 Å². The number of anilines is 1. The quantitative estimate of drug-likeness (QED) is 0.515. The number of hydrogen-bond donors (Lipinski definition) is 2. The van der Waals surface area contributed by atoms with Crippen molar-refractivity contribution in [3.63, 3.8) is 0 Å². The van der Waals surface area contributed by atoms with Crippen LogP contribution in [0.1, 0.15) is 38.8 Å². The van der Waals surface area contributed by atoms with Crippen molar-refractivity contribution < 1.29 is 9.59 Å². The zero-order chi connectivity index (χ0) is 19.9. The number of hydrogen-bond acceptors (Lipinski definition) is 3. The van der Waals surface area contributed by atoms with Gasteiger partial charge in [-0.15, -0.1) is 0 Å². The average molecular weight is 371 g/mol. The molecule has 5 heteroatoms. The van der Waals surface area contributed by atoms with Crippen molar-refractivity contribution >= 4 is 23.2 Å². The van der Waals surface area contributed by atoms with Crippen LogP contribution in [0.25, 0.3) is 0 Å². The van der Waals surface area contributed by atoms with Crippen LogP contribution in [-0.4, -0.2) is 17.5 Å². The molecule has 0 heterocycles. The molecule has 0 saturated heterocycles. The predicted molar refractivity (Wildman–Crippen MR) is 112 cm³/mol. The fraction of sp³-hybridized carbons (Fsp3) is 0.0870. The number of carbonyl (C=O) groups excluding carboxylic acids is 2. The van der Waals surface area contributed by atoms with Gasteiger partial charge in [0, 0.05) is 16.8 Å². The monoisotopic (exact) mass is 371 g/mol. The van der Waals surface area contributed by atoms with Crippen molar-refractivity contribution in [2.45, 2.75) is 13.8 Å². The summed E-state index contributed by atoms with van der Waals surface area (Å²) in [6, 6.07) is 23.7. The Balaban J connectivity index is 1.63. The summed E-state index contributed by atoms with van der Waals surface area (Å²) in [5.74, 6) is -0.495. The Hall–Kier alpha value is -3.73. The Morgan fingerprint density at radius 3 is 2.07 bits per heavy atom. The molecule has 0 bridgehead atoms. The first-order chi connectivity index (χ1) is 13.5. The van der Waals surface area contributed by atoms with Crippen LogP contribution in [0.4, 0.5) is 5.69 Å². The van der Waals surface area contributed by atoms with Crippen LogP contribution in [0, 0.1) is 6.92 Å². The summed E-state index contributed by atoms with van der Waals surface area (Å²) >= 11 is 0. The SMILES string of the molecule is C/C(=N\NC(=O)c1ccc(NC(=O)c2ccccc2C)cc1)c1ccccc1. The zero-order valence-corrected chi connectivity index (χ0v) is 15.8. The number of hydrazone groups is 1. The van der Waals surface area contributed by atoms with Crippen molar-refractivity contribution in [2.24, 2.45) is 5.10 Å². The lowest BCUT2D eigenvalue weighted by Gasteiger charge is -2.08. The lowest BCUT2D eigenvalue weighted by Crippen LogP contribution is -2.19.